The van der Waals surface area contributed by atoms with Crippen LogP contribution in [-0.4, -0.2) is 48.4 Å². The fourth-order valence-corrected chi connectivity index (χ4v) is 3.75. The van der Waals surface area contributed by atoms with E-state index in [0.717, 1.165) is 0 Å². The lowest BCUT2D eigenvalue weighted by Crippen LogP contribution is -2.46. The molecular formula is C16H26FNO4. The number of fused-ring (bicyclic) bond motifs is 1. The summed E-state index contributed by atoms with van der Waals surface area (Å²) in [6, 6.07) is -0.745. The van der Waals surface area contributed by atoms with Gasteiger partial charge in [-0.1, -0.05) is 6.92 Å². The van der Waals surface area contributed by atoms with Crippen molar-refractivity contribution in [1.29, 1.82) is 0 Å². The van der Waals surface area contributed by atoms with Gasteiger partial charge >= 0.3 is 12.1 Å². The number of rotatable bonds is 1. The zero-order valence-corrected chi connectivity index (χ0v) is 14.0. The Morgan fingerprint density at radius 3 is 2.36 bits per heavy atom. The Morgan fingerprint density at radius 1 is 1.18 bits per heavy atom. The number of hydrogen-bond acceptors (Lipinski definition) is 4. The molecule has 1 aliphatic carbocycles. The summed E-state index contributed by atoms with van der Waals surface area (Å²) in [5, 5.41) is 0. The average molecular weight is 315 g/mol. The molecule has 0 unspecified atom stereocenters. The summed E-state index contributed by atoms with van der Waals surface area (Å²) in [5.74, 6) is -0.435. The molecule has 1 heterocycles. The topological polar surface area (TPSA) is 55.8 Å². The van der Waals surface area contributed by atoms with Crippen molar-refractivity contribution in [3.63, 3.8) is 0 Å². The molecule has 22 heavy (non-hydrogen) atoms. The van der Waals surface area contributed by atoms with Crippen LogP contribution in [0.1, 0.15) is 40.5 Å². The van der Waals surface area contributed by atoms with E-state index < -0.39 is 29.9 Å². The van der Waals surface area contributed by atoms with E-state index in [2.05, 4.69) is 0 Å². The summed E-state index contributed by atoms with van der Waals surface area (Å²) >= 11 is 0. The molecule has 2 rings (SSSR count). The van der Waals surface area contributed by atoms with Crippen LogP contribution in [0.4, 0.5) is 9.18 Å². The van der Waals surface area contributed by atoms with E-state index in [1.165, 1.54) is 12.0 Å². The van der Waals surface area contributed by atoms with Gasteiger partial charge in [0.05, 0.1) is 7.11 Å². The van der Waals surface area contributed by atoms with Crippen molar-refractivity contribution in [2.24, 2.45) is 17.8 Å². The van der Waals surface area contributed by atoms with E-state index in [1.54, 1.807) is 20.8 Å². The second-order valence-corrected chi connectivity index (χ2v) is 7.47. The summed E-state index contributed by atoms with van der Waals surface area (Å²) in [6.45, 7) is 7.74. The fraction of sp³-hybridized carbons (Fsp3) is 0.875. The maximum atomic E-state index is 13.9. The van der Waals surface area contributed by atoms with Crippen molar-refractivity contribution < 1.29 is 23.5 Å². The number of hydrogen-bond donors (Lipinski definition) is 0. The van der Waals surface area contributed by atoms with Gasteiger partial charge in [0.15, 0.2) is 0 Å². The number of carbonyl (C=O) groups is 2. The third-order valence-corrected chi connectivity index (χ3v) is 4.66. The lowest BCUT2D eigenvalue weighted by Gasteiger charge is -2.34. The summed E-state index contributed by atoms with van der Waals surface area (Å²) in [7, 11) is 1.29. The van der Waals surface area contributed by atoms with Crippen molar-refractivity contribution >= 4 is 12.1 Å². The minimum atomic E-state index is -0.929. The number of alkyl halides is 1. The maximum absolute atomic E-state index is 13.9. The first-order valence-electron chi connectivity index (χ1n) is 7.85. The monoisotopic (exact) mass is 315 g/mol. The van der Waals surface area contributed by atoms with Crippen LogP contribution >= 0.6 is 0 Å². The Bertz CT molecular complexity index is 448. The van der Waals surface area contributed by atoms with Crippen molar-refractivity contribution in [3.05, 3.63) is 0 Å². The van der Waals surface area contributed by atoms with E-state index in [0.29, 0.717) is 19.4 Å². The van der Waals surface area contributed by atoms with Crippen LogP contribution in [0, 0.1) is 17.8 Å². The number of halogens is 1. The minimum Gasteiger partial charge on any atom is -0.467 e. The van der Waals surface area contributed by atoms with Crippen LogP contribution in [0.25, 0.3) is 0 Å². The van der Waals surface area contributed by atoms with Crippen LogP contribution in [0.3, 0.4) is 0 Å². The van der Waals surface area contributed by atoms with Gasteiger partial charge in [-0.3, -0.25) is 4.90 Å². The van der Waals surface area contributed by atoms with Crippen molar-refractivity contribution in [3.8, 4) is 0 Å². The van der Waals surface area contributed by atoms with E-state index >= 15 is 0 Å². The Labute approximate surface area is 131 Å². The number of likely N-dealkylation sites (tertiary alicyclic amines) is 1. The van der Waals surface area contributed by atoms with Crippen LogP contribution in [0.2, 0.25) is 0 Å². The molecule has 2 aliphatic rings. The molecule has 0 aromatic carbocycles. The molecule has 0 bridgehead atoms. The molecule has 0 N–H and O–H groups in total. The minimum absolute atomic E-state index is 0.114. The zero-order chi connectivity index (χ0) is 16.7. The number of carbonyl (C=O) groups excluding carboxylic acids is 2. The lowest BCUT2D eigenvalue weighted by atomic mass is 9.72. The second kappa shape index (κ2) is 6.05. The highest BCUT2D eigenvalue weighted by molar-refractivity contribution is 5.82. The molecule has 1 amide bonds. The Morgan fingerprint density at radius 2 is 1.82 bits per heavy atom. The first-order chi connectivity index (χ1) is 10.1. The highest BCUT2D eigenvalue weighted by Gasteiger charge is 2.53. The summed E-state index contributed by atoms with van der Waals surface area (Å²) in [5.41, 5.74) is -0.639. The molecule has 2 fully saturated rings. The molecule has 1 aliphatic heterocycles. The van der Waals surface area contributed by atoms with Gasteiger partial charge in [-0.15, -0.1) is 0 Å². The van der Waals surface area contributed by atoms with Gasteiger partial charge < -0.3 is 9.47 Å². The van der Waals surface area contributed by atoms with Gasteiger partial charge in [0.2, 0.25) is 0 Å². The van der Waals surface area contributed by atoms with Gasteiger partial charge in [0, 0.05) is 6.54 Å². The average Bonchev–Trinajstić information content (AvgIpc) is 2.75. The molecule has 1 saturated heterocycles. The Balaban J connectivity index is 2.25. The summed E-state index contributed by atoms with van der Waals surface area (Å²) in [6.07, 6.45) is -0.674. The smallest absolute Gasteiger partial charge is 0.411 e. The third-order valence-electron chi connectivity index (χ3n) is 4.66. The molecule has 5 nitrogen and oxygen atoms in total. The first kappa shape index (κ1) is 17.0. The molecule has 0 aromatic heterocycles. The van der Waals surface area contributed by atoms with Crippen LogP contribution in [-0.2, 0) is 14.3 Å². The first-order valence-corrected chi connectivity index (χ1v) is 7.85. The van der Waals surface area contributed by atoms with E-state index in [-0.39, 0.29) is 17.8 Å². The van der Waals surface area contributed by atoms with Gasteiger partial charge in [-0.25, -0.2) is 14.0 Å². The van der Waals surface area contributed by atoms with E-state index in [4.69, 9.17) is 9.47 Å². The molecule has 5 atom stereocenters. The maximum Gasteiger partial charge on any atom is 0.411 e. The normalized spacial score (nSPS) is 35.0. The van der Waals surface area contributed by atoms with E-state index in [9.17, 15) is 14.0 Å². The Kier molecular flexibility index (Phi) is 4.68. The van der Waals surface area contributed by atoms with Gasteiger partial charge in [-0.05, 0) is 51.4 Å². The zero-order valence-electron chi connectivity index (χ0n) is 14.0. The number of ether oxygens (including phenoxy) is 2. The van der Waals surface area contributed by atoms with Crippen molar-refractivity contribution in [1.82, 2.24) is 4.90 Å². The van der Waals surface area contributed by atoms with Crippen molar-refractivity contribution in [2.75, 3.05) is 13.7 Å². The predicted octanol–water partition coefficient (Wildman–Crippen LogP) is 2.78. The Hall–Kier alpha value is -1.33. The summed E-state index contributed by atoms with van der Waals surface area (Å²) < 4.78 is 24.2. The number of nitrogens with zero attached hydrogens (tertiary/aromatic N) is 1. The summed E-state index contributed by atoms with van der Waals surface area (Å²) in [4.78, 5) is 26.0. The largest absolute Gasteiger partial charge is 0.467 e. The number of amides is 1. The lowest BCUT2D eigenvalue weighted by molar-refractivity contribution is -0.147. The third kappa shape index (κ3) is 3.36. The highest BCUT2D eigenvalue weighted by atomic mass is 19.1. The van der Waals surface area contributed by atoms with Gasteiger partial charge in [0.1, 0.15) is 17.8 Å². The highest BCUT2D eigenvalue weighted by Crippen LogP contribution is 2.45. The molecule has 6 heteroatoms. The molecule has 126 valence electrons. The molecule has 1 saturated carbocycles. The van der Waals surface area contributed by atoms with Crippen LogP contribution in [0.5, 0.6) is 0 Å². The fourth-order valence-electron chi connectivity index (χ4n) is 3.75. The van der Waals surface area contributed by atoms with Crippen LogP contribution < -0.4 is 0 Å². The quantitative estimate of drug-likeness (QED) is 0.698. The van der Waals surface area contributed by atoms with E-state index in [1.807, 2.05) is 6.92 Å². The SMILES string of the molecule is COC(=O)[C@@H]1[C@H]2C[C@H](F)C[C@H](C)[C@H]2CN1C(=O)OC(C)(C)C. The molecular weight excluding hydrogens is 289 g/mol. The van der Waals surface area contributed by atoms with Crippen LogP contribution in [0.15, 0.2) is 0 Å². The van der Waals surface area contributed by atoms with Gasteiger partial charge in [-0.2, -0.15) is 0 Å². The number of methoxy groups -OCH3 is 1. The molecule has 0 spiro atoms. The van der Waals surface area contributed by atoms with Gasteiger partial charge in [0.25, 0.3) is 0 Å². The number of esters is 1. The molecule has 0 radical (unpaired) electrons. The molecule has 0 aromatic rings. The van der Waals surface area contributed by atoms with Crippen molar-refractivity contribution in [2.45, 2.75) is 58.4 Å². The second-order valence-electron chi connectivity index (χ2n) is 7.47. The predicted molar refractivity (Wildman–Crippen MR) is 79.0 cm³/mol. The standard InChI is InChI=1S/C16H26FNO4/c1-9-6-10(17)7-11-12(9)8-18(13(11)14(19)21-5)15(20)22-16(2,3)4/h9-13H,6-8H2,1-5H3/t9-,10+,11-,12+,13-/m0/s1.